The van der Waals surface area contributed by atoms with Crippen molar-refractivity contribution in [3.8, 4) is 0 Å². The van der Waals surface area contributed by atoms with Crippen LogP contribution in [-0.2, 0) is 6.18 Å². The van der Waals surface area contributed by atoms with Gasteiger partial charge in [0.25, 0.3) is 5.91 Å². The molecule has 0 aliphatic carbocycles. The molecule has 0 radical (unpaired) electrons. The molecule has 2 N–H and O–H groups in total. The Kier molecular flexibility index (Phi) is 5.61. The lowest BCUT2D eigenvalue weighted by Crippen LogP contribution is -2.46. The molecule has 6 heteroatoms. The first kappa shape index (κ1) is 18.5. The van der Waals surface area contributed by atoms with Crippen LogP contribution in [-0.4, -0.2) is 18.5 Å². The van der Waals surface area contributed by atoms with E-state index < -0.39 is 17.6 Å². The Morgan fingerprint density at radius 1 is 1.08 bits per heavy atom. The minimum atomic E-state index is -4.47. The smallest absolute Gasteiger partial charge is 0.344 e. The third kappa shape index (κ3) is 4.43. The van der Waals surface area contributed by atoms with E-state index in [9.17, 15) is 18.0 Å². The maximum Gasteiger partial charge on any atom is 0.416 e. The highest BCUT2D eigenvalue weighted by molar-refractivity contribution is 5.94. The molecule has 2 aromatic carbocycles. The minimum Gasteiger partial charge on any atom is -0.344 e. The average molecular weight is 362 g/mol. The molecule has 0 aromatic heterocycles. The Morgan fingerprint density at radius 3 is 2.50 bits per heavy atom. The zero-order valence-corrected chi connectivity index (χ0v) is 14.2. The molecule has 1 amide bonds. The average Bonchev–Trinajstić information content (AvgIpc) is 2.67. The van der Waals surface area contributed by atoms with E-state index in [1.165, 1.54) is 12.1 Å². The van der Waals surface area contributed by atoms with Crippen LogP contribution in [0, 0.1) is 0 Å². The molecule has 26 heavy (non-hydrogen) atoms. The molecule has 1 fully saturated rings. The van der Waals surface area contributed by atoms with Crippen LogP contribution in [0.4, 0.5) is 13.2 Å². The number of rotatable bonds is 4. The molecular weight excluding hydrogens is 341 g/mol. The second-order valence-electron chi connectivity index (χ2n) is 6.50. The zero-order chi connectivity index (χ0) is 18.6. The van der Waals surface area contributed by atoms with Gasteiger partial charge in [0, 0.05) is 11.6 Å². The van der Waals surface area contributed by atoms with Crippen molar-refractivity contribution < 1.29 is 18.0 Å². The number of piperidine rings is 1. The van der Waals surface area contributed by atoms with Crippen molar-refractivity contribution >= 4 is 5.91 Å². The van der Waals surface area contributed by atoms with E-state index >= 15 is 0 Å². The second kappa shape index (κ2) is 7.91. The largest absolute Gasteiger partial charge is 0.416 e. The highest BCUT2D eigenvalue weighted by Gasteiger charge is 2.31. The van der Waals surface area contributed by atoms with Crippen LogP contribution in [0.25, 0.3) is 0 Å². The highest BCUT2D eigenvalue weighted by Crippen LogP contribution is 2.30. The lowest BCUT2D eigenvalue weighted by atomic mass is 9.92. The number of amides is 1. The summed E-state index contributed by atoms with van der Waals surface area (Å²) >= 11 is 0. The predicted molar refractivity (Wildman–Crippen MR) is 93.7 cm³/mol. The van der Waals surface area contributed by atoms with Gasteiger partial charge in [0.2, 0.25) is 0 Å². The lowest BCUT2D eigenvalue weighted by molar-refractivity contribution is -0.137. The van der Waals surface area contributed by atoms with E-state index in [1.54, 1.807) is 0 Å². The van der Waals surface area contributed by atoms with Gasteiger partial charge in [-0.15, -0.1) is 0 Å². The predicted octanol–water partition coefficient (Wildman–Crippen LogP) is 4.32. The summed E-state index contributed by atoms with van der Waals surface area (Å²) in [4.78, 5) is 12.6. The van der Waals surface area contributed by atoms with Crippen LogP contribution < -0.4 is 10.6 Å². The summed E-state index contributed by atoms with van der Waals surface area (Å²) in [7, 11) is 0. The lowest BCUT2D eigenvalue weighted by Gasteiger charge is -2.32. The summed E-state index contributed by atoms with van der Waals surface area (Å²) in [5.41, 5.74) is 0.126. The maximum atomic E-state index is 12.9. The second-order valence-corrected chi connectivity index (χ2v) is 6.50. The quantitative estimate of drug-likeness (QED) is 0.851. The van der Waals surface area contributed by atoms with Gasteiger partial charge in [-0.05, 0) is 43.1 Å². The summed E-state index contributed by atoms with van der Waals surface area (Å²) in [5, 5.41) is 6.34. The van der Waals surface area contributed by atoms with Gasteiger partial charge >= 0.3 is 6.18 Å². The first-order chi connectivity index (χ1) is 12.4. The van der Waals surface area contributed by atoms with Crippen LogP contribution >= 0.6 is 0 Å². The molecular formula is C20H21F3N2O. The van der Waals surface area contributed by atoms with E-state index in [1.807, 2.05) is 30.3 Å². The third-order valence-corrected chi connectivity index (χ3v) is 4.65. The van der Waals surface area contributed by atoms with E-state index in [0.717, 1.165) is 43.5 Å². The monoisotopic (exact) mass is 362 g/mol. The molecule has 2 aromatic rings. The first-order valence-corrected chi connectivity index (χ1v) is 8.71. The molecule has 1 heterocycles. The number of carbonyl (C=O) groups excluding carboxylic acids is 1. The molecule has 3 nitrogen and oxygen atoms in total. The van der Waals surface area contributed by atoms with Crippen molar-refractivity contribution in [2.45, 2.75) is 37.5 Å². The zero-order valence-electron chi connectivity index (χ0n) is 14.2. The molecule has 0 spiro atoms. The van der Waals surface area contributed by atoms with Crippen molar-refractivity contribution in [2.24, 2.45) is 0 Å². The van der Waals surface area contributed by atoms with Crippen LogP contribution in [0.15, 0.2) is 54.6 Å². The van der Waals surface area contributed by atoms with Gasteiger partial charge in [-0.1, -0.05) is 42.8 Å². The first-order valence-electron chi connectivity index (χ1n) is 8.71. The fourth-order valence-electron chi connectivity index (χ4n) is 3.30. The normalized spacial score (nSPS) is 19.0. The highest BCUT2D eigenvalue weighted by atomic mass is 19.4. The van der Waals surface area contributed by atoms with Crippen molar-refractivity contribution in [3.05, 3.63) is 71.3 Å². The number of halogens is 3. The summed E-state index contributed by atoms with van der Waals surface area (Å²) in [5.74, 6) is -0.502. The number of benzene rings is 2. The molecule has 0 bridgehead atoms. The Balaban J connectivity index is 1.83. The summed E-state index contributed by atoms with van der Waals surface area (Å²) in [6.45, 7) is 0.868. The molecule has 138 valence electrons. The van der Waals surface area contributed by atoms with Gasteiger partial charge in [-0.2, -0.15) is 13.2 Å². The standard InChI is InChI=1S/C20H21F3N2O/c21-20(22,23)16-10-6-9-15(13-16)19(26)25-18(14-7-2-1-3-8-14)17-11-4-5-12-24-17/h1-3,6-10,13,17-18,24H,4-5,11-12H2,(H,25,26). The van der Waals surface area contributed by atoms with Crippen molar-refractivity contribution in [3.63, 3.8) is 0 Å². The Hall–Kier alpha value is -2.34. The molecule has 1 aliphatic heterocycles. The number of nitrogens with one attached hydrogen (secondary N) is 2. The fourth-order valence-corrected chi connectivity index (χ4v) is 3.30. The Bertz CT molecular complexity index is 740. The van der Waals surface area contributed by atoms with Crippen LogP contribution in [0.5, 0.6) is 0 Å². The Morgan fingerprint density at radius 2 is 1.85 bits per heavy atom. The SMILES string of the molecule is O=C(NC(c1ccccc1)C1CCCCN1)c1cccc(C(F)(F)F)c1. The number of alkyl halides is 3. The number of hydrogen-bond acceptors (Lipinski definition) is 2. The van der Waals surface area contributed by atoms with E-state index in [2.05, 4.69) is 10.6 Å². The Labute approximate surface area is 150 Å². The van der Waals surface area contributed by atoms with E-state index in [4.69, 9.17) is 0 Å². The third-order valence-electron chi connectivity index (χ3n) is 4.65. The van der Waals surface area contributed by atoms with Crippen molar-refractivity contribution in [1.82, 2.24) is 10.6 Å². The van der Waals surface area contributed by atoms with Gasteiger partial charge < -0.3 is 10.6 Å². The van der Waals surface area contributed by atoms with Gasteiger partial charge in [0.15, 0.2) is 0 Å². The molecule has 1 aliphatic rings. The van der Waals surface area contributed by atoms with Crippen molar-refractivity contribution in [1.29, 1.82) is 0 Å². The maximum absolute atomic E-state index is 12.9. The van der Waals surface area contributed by atoms with Crippen LogP contribution in [0.2, 0.25) is 0 Å². The minimum absolute atomic E-state index is 0.0107. The molecule has 1 saturated heterocycles. The summed E-state index contributed by atoms with van der Waals surface area (Å²) in [6.07, 6.45) is -1.43. The van der Waals surface area contributed by atoms with Gasteiger partial charge in [-0.25, -0.2) is 0 Å². The van der Waals surface area contributed by atoms with E-state index in [0.29, 0.717) is 0 Å². The fraction of sp³-hybridized carbons (Fsp3) is 0.350. The van der Waals surface area contributed by atoms with E-state index in [-0.39, 0.29) is 17.6 Å². The molecule has 2 atom stereocenters. The number of hydrogen-bond donors (Lipinski definition) is 2. The molecule has 3 rings (SSSR count). The van der Waals surface area contributed by atoms with Crippen LogP contribution in [0.1, 0.15) is 46.8 Å². The van der Waals surface area contributed by atoms with Gasteiger partial charge in [-0.3, -0.25) is 4.79 Å². The summed E-state index contributed by atoms with van der Waals surface area (Å²) in [6, 6.07) is 13.8. The molecule has 0 saturated carbocycles. The topological polar surface area (TPSA) is 41.1 Å². The number of carbonyl (C=O) groups is 1. The summed E-state index contributed by atoms with van der Waals surface area (Å²) < 4.78 is 38.7. The van der Waals surface area contributed by atoms with Gasteiger partial charge in [0.1, 0.15) is 0 Å². The van der Waals surface area contributed by atoms with Crippen molar-refractivity contribution in [2.75, 3.05) is 6.54 Å². The van der Waals surface area contributed by atoms with Crippen LogP contribution in [0.3, 0.4) is 0 Å². The van der Waals surface area contributed by atoms with Gasteiger partial charge in [0.05, 0.1) is 11.6 Å². The molecule has 2 unspecified atom stereocenters.